The maximum absolute atomic E-state index is 12.7. The number of rotatable bonds is 5. The number of nitrogens with zero attached hydrogens (tertiary/aromatic N) is 1. The number of aromatic nitrogens is 2. The van der Waals surface area contributed by atoms with Crippen LogP contribution in [0.3, 0.4) is 0 Å². The van der Waals surface area contributed by atoms with Crippen LogP contribution in [0.2, 0.25) is 0 Å². The number of benzene rings is 3. The maximum Gasteiger partial charge on any atom is 0.272 e. The Labute approximate surface area is 172 Å². The van der Waals surface area contributed by atoms with E-state index in [9.17, 15) is 4.79 Å². The second-order valence-electron chi connectivity index (χ2n) is 7.08. The molecular formula is C24H19N3O3. The fourth-order valence-electron chi connectivity index (χ4n) is 3.38. The molecule has 2 heterocycles. The maximum atomic E-state index is 12.7. The topological polar surface area (TPSA) is 80.1 Å². The Morgan fingerprint density at radius 3 is 2.80 bits per heavy atom. The van der Waals surface area contributed by atoms with Gasteiger partial charge in [0.05, 0.1) is 0 Å². The first kappa shape index (κ1) is 18.0. The molecule has 0 aliphatic heterocycles. The normalized spacial score (nSPS) is 11.1. The number of hydrogen-bond donors (Lipinski definition) is 2. The third kappa shape index (κ3) is 3.63. The molecule has 6 heteroatoms. The van der Waals surface area contributed by atoms with Gasteiger partial charge in [-0.2, -0.15) is 0 Å². The van der Waals surface area contributed by atoms with Crippen LogP contribution in [-0.4, -0.2) is 15.9 Å². The number of hydrogen-bond acceptors (Lipinski definition) is 4. The smallest absolute Gasteiger partial charge is 0.272 e. The molecule has 2 N–H and O–H groups in total. The van der Waals surface area contributed by atoms with E-state index in [0.29, 0.717) is 29.5 Å². The quantitative estimate of drug-likeness (QED) is 0.413. The molecule has 0 saturated carbocycles. The van der Waals surface area contributed by atoms with Crippen molar-refractivity contribution in [2.45, 2.75) is 13.5 Å². The van der Waals surface area contributed by atoms with Crippen molar-refractivity contribution in [1.82, 2.24) is 9.97 Å². The van der Waals surface area contributed by atoms with Gasteiger partial charge in [-0.3, -0.25) is 4.79 Å². The molecule has 148 valence electrons. The lowest BCUT2D eigenvalue weighted by atomic mass is 10.2. The van der Waals surface area contributed by atoms with E-state index in [-0.39, 0.29) is 5.91 Å². The minimum atomic E-state index is -0.228. The molecule has 0 bridgehead atoms. The Balaban J connectivity index is 1.32. The lowest BCUT2D eigenvalue weighted by Gasteiger charge is -2.06. The molecule has 0 spiro atoms. The highest BCUT2D eigenvalue weighted by molar-refractivity contribution is 6.06. The van der Waals surface area contributed by atoms with Gasteiger partial charge in [0.25, 0.3) is 5.91 Å². The summed E-state index contributed by atoms with van der Waals surface area (Å²) in [4.78, 5) is 20.1. The number of ether oxygens (including phenoxy) is 1. The summed E-state index contributed by atoms with van der Waals surface area (Å²) in [6.07, 6.45) is 0. The summed E-state index contributed by atoms with van der Waals surface area (Å²) >= 11 is 0. The first-order valence-corrected chi connectivity index (χ1v) is 9.62. The largest absolute Gasteiger partial charge is 0.489 e. The summed E-state index contributed by atoms with van der Waals surface area (Å²) in [7, 11) is 0. The predicted octanol–water partition coefficient (Wildman–Crippen LogP) is 5.45. The molecule has 0 atom stereocenters. The first-order valence-electron chi connectivity index (χ1n) is 9.62. The van der Waals surface area contributed by atoms with Gasteiger partial charge in [-0.05, 0) is 35.9 Å². The number of aromatic amines is 1. The molecule has 0 aliphatic carbocycles. The lowest BCUT2D eigenvalue weighted by molar-refractivity contribution is 0.102. The van der Waals surface area contributed by atoms with Gasteiger partial charge in [0.1, 0.15) is 23.6 Å². The fourth-order valence-corrected chi connectivity index (χ4v) is 3.38. The molecule has 0 saturated heterocycles. The van der Waals surface area contributed by atoms with Crippen molar-refractivity contribution < 1.29 is 13.9 Å². The highest BCUT2D eigenvalue weighted by Gasteiger charge is 2.12. The number of amides is 1. The van der Waals surface area contributed by atoms with Gasteiger partial charge in [0.15, 0.2) is 11.5 Å². The number of H-pyrrole nitrogens is 1. The molecule has 3 aromatic carbocycles. The van der Waals surface area contributed by atoms with Gasteiger partial charge in [-0.25, -0.2) is 4.98 Å². The summed E-state index contributed by atoms with van der Waals surface area (Å²) in [6, 6.07) is 23.0. The van der Waals surface area contributed by atoms with Crippen molar-refractivity contribution in [3.63, 3.8) is 0 Å². The third-order valence-corrected chi connectivity index (χ3v) is 4.84. The molecule has 30 heavy (non-hydrogen) atoms. The van der Waals surface area contributed by atoms with Crippen LogP contribution in [0.5, 0.6) is 5.75 Å². The number of nitrogens with one attached hydrogen (secondary N) is 2. The standard InChI is InChI=1S/C24H19N3O3/c1-15-25-20-10-8-18(12-23(20)30-15)26-24(28)22-11-17-7-9-19(13-21(17)27-22)29-14-16-5-3-2-4-6-16/h2-13,27H,14H2,1H3,(H,26,28). The molecule has 6 nitrogen and oxygen atoms in total. The van der Waals surface area contributed by atoms with Crippen molar-refractivity contribution in [3.05, 3.63) is 89.9 Å². The van der Waals surface area contributed by atoms with Crippen LogP contribution >= 0.6 is 0 Å². The molecule has 0 radical (unpaired) electrons. The van der Waals surface area contributed by atoms with Crippen LogP contribution in [0.25, 0.3) is 22.0 Å². The highest BCUT2D eigenvalue weighted by Crippen LogP contribution is 2.24. The van der Waals surface area contributed by atoms with Crippen molar-refractivity contribution in [3.8, 4) is 5.75 Å². The average molecular weight is 397 g/mol. The third-order valence-electron chi connectivity index (χ3n) is 4.84. The average Bonchev–Trinajstić information content (AvgIpc) is 3.34. The van der Waals surface area contributed by atoms with Crippen LogP contribution in [0.15, 0.2) is 77.2 Å². The summed E-state index contributed by atoms with van der Waals surface area (Å²) in [5.41, 5.74) is 4.46. The van der Waals surface area contributed by atoms with E-state index in [1.165, 1.54) is 0 Å². The Bertz CT molecular complexity index is 1350. The van der Waals surface area contributed by atoms with Gasteiger partial charge in [0.2, 0.25) is 0 Å². The monoisotopic (exact) mass is 397 g/mol. The number of oxazole rings is 1. The SMILES string of the molecule is Cc1nc2ccc(NC(=O)c3cc4ccc(OCc5ccccc5)cc4[nH]3)cc2o1. The molecule has 5 rings (SSSR count). The molecular weight excluding hydrogens is 378 g/mol. The Hall–Kier alpha value is -4.06. The minimum absolute atomic E-state index is 0.228. The number of carbonyl (C=O) groups is 1. The zero-order chi connectivity index (χ0) is 20.5. The zero-order valence-corrected chi connectivity index (χ0v) is 16.3. The highest BCUT2D eigenvalue weighted by atomic mass is 16.5. The number of aryl methyl sites for hydroxylation is 1. The summed E-state index contributed by atoms with van der Waals surface area (Å²) in [6.45, 7) is 2.28. The van der Waals surface area contributed by atoms with E-state index in [0.717, 1.165) is 27.7 Å². The van der Waals surface area contributed by atoms with E-state index in [4.69, 9.17) is 9.15 Å². The summed E-state index contributed by atoms with van der Waals surface area (Å²) < 4.78 is 11.4. The van der Waals surface area contributed by atoms with Gasteiger partial charge in [-0.1, -0.05) is 30.3 Å². The van der Waals surface area contributed by atoms with Crippen LogP contribution in [0, 0.1) is 6.92 Å². The van der Waals surface area contributed by atoms with Crippen molar-refractivity contribution in [2.24, 2.45) is 0 Å². The van der Waals surface area contributed by atoms with Crippen molar-refractivity contribution in [1.29, 1.82) is 0 Å². The number of fused-ring (bicyclic) bond motifs is 2. The van der Waals surface area contributed by atoms with Crippen LogP contribution in [0.4, 0.5) is 5.69 Å². The Morgan fingerprint density at radius 2 is 1.93 bits per heavy atom. The molecule has 2 aromatic heterocycles. The van der Waals surface area contributed by atoms with Gasteiger partial charge in [0, 0.05) is 35.6 Å². The van der Waals surface area contributed by atoms with E-state index in [1.807, 2.05) is 60.7 Å². The Kier molecular flexibility index (Phi) is 4.44. The summed E-state index contributed by atoms with van der Waals surface area (Å²) in [5, 5.41) is 3.83. The lowest BCUT2D eigenvalue weighted by Crippen LogP contribution is -2.12. The van der Waals surface area contributed by atoms with Crippen molar-refractivity contribution in [2.75, 3.05) is 5.32 Å². The first-order chi connectivity index (χ1) is 14.6. The van der Waals surface area contributed by atoms with E-state index in [1.54, 1.807) is 19.1 Å². The zero-order valence-electron chi connectivity index (χ0n) is 16.3. The molecule has 1 amide bonds. The summed E-state index contributed by atoms with van der Waals surface area (Å²) in [5.74, 6) is 1.11. The second-order valence-corrected chi connectivity index (χ2v) is 7.08. The van der Waals surface area contributed by atoms with Crippen LogP contribution < -0.4 is 10.1 Å². The van der Waals surface area contributed by atoms with Crippen LogP contribution in [-0.2, 0) is 6.61 Å². The van der Waals surface area contributed by atoms with Gasteiger partial charge in [-0.15, -0.1) is 0 Å². The molecule has 0 unspecified atom stereocenters. The molecule has 0 aliphatic rings. The van der Waals surface area contributed by atoms with Gasteiger partial charge < -0.3 is 19.5 Å². The Morgan fingerprint density at radius 1 is 1.07 bits per heavy atom. The van der Waals surface area contributed by atoms with E-state index in [2.05, 4.69) is 15.3 Å². The second kappa shape index (κ2) is 7.40. The number of anilines is 1. The predicted molar refractivity (Wildman–Crippen MR) is 116 cm³/mol. The molecule has 5 aromatic rings. The number of carbonyl (C=O) groups excluding carboxylic acids is 1. The molecule has 0 fully saturated rings. The van der Waals surface area contributed by atoms with Gasteiger partial charge >= 0.3 is 0 Å². The van der Waals surface area contributed by atoms with Crippen LogP contribution in [0.1, 0.15) is 21.9 Å². The minimum Gasteiger partial charge on any atom is -0.489 e. The van der Waals surface area contributed by atoms with E-state index >= 15 is 0 Å². The fraction of sp³-hybridized carbons (Fsp3) is 0.0833. The van der Waals surface area contributed by atoms with Crippen molar-refractivity contribution >= 4 is 33.6 Å². The van der Waals surface area contributed by atoms with E-state index < -0.39 is 0 Å².